The summed E-state index contributed by atoms with van der Waals surface area (Å²) in [5, 5.41) is 8.76. The molecule has 0 fully saturated rings. The molecular weight excluding hydrogens is 278 g/mol. The summed E-state index contributed by atoms with van der Waals surface area (Å²) in [5.74, 6) is 0. The van der Waals surface area contributed by atoms with Crippen molar-refractivity contribution in [2.75, 3.05) is 20.3 Å². The number of aliphatic hydroxyl groups is 1. The number of ether oxygens (including phenoxy) is 1. The molecule has 0 aliphatic carbocycles. The van der Waals surface area contributed by atoms with Gasteiger partial charge in [0.05, 0.1) is 10.5 Å². The van der Waals surface area contributed by atoms with E-state index in [0.717, 1.165) is 12.0 Å². The first-order chi connectivity index (χ1) is 9.30. The van der Waals surface area contributed by atoms with Gasteiger partial charge in [0, 0.05) is 20.3 Å². The van der Waals surface area contributed by atoms with Crippen molar-refractivity contribution in [2.24, 2.45) is 0 Å². The SMILES string of the molecule is COC(C)(C)CNS(=O)(=O)c1ccc(CCCO)cc1. The second kappa shape index (κ2) is 7.17. The van der Waals surface area contributed by atoms with Crippen LogP contribution in [0.1, 0.15) is 25.8 Å². The average Bonchev–Trinajstić information content (AvgIpc) is 2.44. The van der Waals surface area contributed by atoms with Gasteiger partial charge in [0.1, 0.15) is 0 Å². The van der Waals surface area contributed by atoms with Gasteiger partial charge >= 0.3 is 0 Å². The topological polar surface area (TPSA) is 75.6 Å². The minimum atomic E-state index is -3.52. The fourth-order valence-electron chi connectivity index (χ4n) is 1.54. The Balaban J connectivity index is 2.73. The van der Waals surface area contributed by atoms with Gasteiger partial charge in [-0.25, -0.2) is 13.1 Å². The van der Waals surface area contributed by atoms with E-state index in [-0.39, 0.29) is 18.0 Å². The first-order valence-corrected chi connectivity index (χ1v) is 8.04. The van der Waals surface area contributed by atoms with E-state index < -0.39 is 15.6 Å². The average molecular weight is 301 g/mol. The molecule has 0 aliphatic heterocycles. The van der Waals surface area contributed by atoms with Gasteiger partial charge in [0.2, 0.25) is 10.0 Å². The molecule has 0 unspecified atom stereocenters. The van der Waals surface area contributed by atoms with E-state index in [1.54, 1.807) is 31.4 Å². The Hall–Kier alpha value is -0.950. The van der Waals surface area contributed by atoms with Crippen LogP contribution in [0.5, 0.6) is 0 Å². The molecule has 0 heterocycles. The van der Waals surface area contributed by atoms with Gasteiger partial charge in [0.25, 0.3) is 0 Å². The second-order valence-electron chi connectivity index (χ2n) is 5.26. The van der Waals surface area contributed by atoms with Gasteiger partial charge in [-0.3, -0.25) is 0 Å². The summed E-state index contributed by atoms with van der Waals surface area (Å²) in [4.78, 5) is 0.233. The maximum absolute atomic E-state index is 12.1. The summed E-state index contributed by atoms with van der Waals surface area (Å²) in [6.45, 7) is 3.97. The lowest BCUT2D eigenvalue weighted by Crippen LogP contribution is -2.39. The highest BCUT2D eigenvalue weighted by molar-refractivity contribution is 7.89. The predicted octanol–water partition coefficient (Wildman–Crippen LogP) is 1.31. The Morgan fingerprint density at radius 2 is 1.85 bits per heavy atom. The number of benzene rings is 1. The summed E-state index contributed by atoms with van der Waals surface area (Å²) in [5.41, 5.74) is 0.462. The monoisotopic (exact) mass is 301 g/mol. The van der Waals surface area contributed by atoms with Gasteiger partial charge in [-0.15, -0.1) is 0 Å². The van der Waals surface area contributed by atoms with Crippen molar-refractivity contribution in [3.05, 3.63) is 29.8 Å². The lowest BCUT2D eigenvalue weighted by Gasteiger charge is -2.23. The molecule has 1 aromatic carbocycles. The lowest BCUT2D eigenvalue weighted by atomic mass is 10.1. The molecule has 114 valence electrons. The van der Waals surface area contributed by atoms with Crippen LogP contribution in [0.2, 0.25) is 0 Å². The molecule has 0 saturated heterocycles. The Morgan fingerprint density at radius 1 is 1.25 bits per heavy atom. The molecule has 0 amide bonds. The maximum Gasteiger partial charge on any atom is 0.240 e. The van der Waals surface area contributed by atoms with Crippen molar-refractivity contribution in [3.63, 3.8) is 0 Å². The second-order valence-corrected chi connectivity index (χ2v) is 7.03. The third-order valence-corrected chi connectivity index (χ3v) is 4.51. The van der Waals surface area contributed by atoms with Gasteiger partial charge in [-0.2, -0.15) is 0 Å². The fraction of sp³-hybridized carbons (Fsp3) is 0.571. The number of aliphatic hydroxyl groups excluding tert-OH is 1. The summed E-state index contributed by atoms with van der Waals surface area (Å²) < 4.78 is 31.9. The third kappa shape index (κ3) is 5.20. The van der Waals surface area contributed by atoms with Crippen LogP contribution in [0.3, 0.4) is 0 Å². The third-order valence-electron chi connectivity index (χ3n) is 3.10. The number of nitrogens with one attached hydrogen (secondary N) is 1. The van der Waals surface area contributed by atoms with E-state index in [4.69, 9.17) is 9.84 Å². The van der Waals surface area contributed by atoms with Crippen LogP contribution in [-0.2, 0) is 21.2 Å². The molecule has 0 atom stereocenters. The van der Waals surface area contributed by atoms with Gasteiger partial charge in [0.15, 0.2) is 0 Å². The molecule has 5 nitrogen and oxygen atoms in total. The molecule has 0 radical (unpaired) electrons. The van der Waals surface area contributed by atoms with E-state index in [0.29, 0.717) is 6.42 Å². The molecule has 0 saturated carbocycles. The lowest BCUT2D eigenvalue weighted by molar-refractivity contribution is 0.0276. The maximum atomic E-state index is 12.1. The zero-order valence-corrected chi connectivity index (χ0v) is 13.0. The Labute approximate surface area is 121 Å². The van der Waals surface area contributed by atoms with Crippen molar-refractivity contribution in [1.29, 1.82) is 0 Å². The number of hydrogen-bond acceptors (Lipinski definition) is 4. The van der Waals surface area contributed by atoms with Crippen molar-refractivity contribution in [2.45, 2.75) is 37.2 Å². The van der Waals surface area contributed by atoms with Crippen molar-refractivity contribution in [3.8, 4) is 0 Å². The summed E-state index contributed by atoms with van der Waals surface area (Å²) in [7, 11) is -1.97. The Morgan fingerprint density at radius 3 is 2.35 bits per heavy atom. The number of aryl methyl sites for hydroxylation is 1. The predicted molar refractivity (Wildman–Crippen MR) is 78.1 cm³/mol. The molecule has 0 bridgehead atoms. The van der Waals surface area contributed by atoms with Crippen LogP contribution in [-0.4, -0.2) is 39.4 Å². The zero-order chi connectivity index (χ0) is 15.2. The van der Waals surface area contributed by atoms with Crippen LogP contribution in [0.4, 0.5) is 0 Å². The molecule has 20 heavy (non-hydrogen) atoms. The minimum Gasteiger partial charge on any atom is -0.396 e. The Kier molecular flexibility index (Phi) is 6.13. The fourth-order valence-corrected chi connectivity index (χ4v) is 2.74. The minimum absolute atomic E-state index is 0.133. The summed E-state index contributed by atoms with van der Waals surface area (Å²) >= 11 is 0. The van der Waals surface area contributed by atoms with Gasteiger partial charge in [-0.05, 0) is 44.4 Å². The van der Waals surface area contributed by atoms with E-state index >= 15 is 0 Å². The normalized spacial score (nSPS) is 12.6. The molecule has 1 rings (SSSR count). The van der Waals surface area contributed by atoms with Gasteiger partial charge < -0.3 is 9.84 Å². The van der Waals surface area contributed by atoms with Crippen LogP contribution in [0.15, 0.2) is 29.2 Å². The molecular formula is C14H23NO4S. The van der Waals surface area contributed by atoms with E-state index in [1.165, 1.54) is 0 Å². The molecule has 0 spiro atoms. The molecule has 1 aromatic rings. The smallest absolute Gasteiger partial charge is 0.240 e. The molecule has 0 aliphatic rings. The summed E-state index contributed by atoms with van der Waals surface area (Å²) in [6, 6.07) is 6.70. The molecule has 6 heteroatoms. The molecule has 0 aromatic heterocycles. The number of rotatable bonds is 8. The van der Waals surface area contributed by atoms with Crippen LogP contribution >= 0.6 is 0 Å². The van der Waals surface area contributed by atoms with Crippen molar-refractivity contribution in [1.82, 2.24) is 4.72 Å². The highest BCUT2D eigenvalue weighted by atomic mass is 32.2. The first kappa shape index (κ1) is 17.1. The largest absolute Gasteiger partial charge is 0.396 e. The summed E-state index contributed by atoms with van der Waals surface area (Å²) in [6.07, 6.45) is 1.41. The van der Waals surface area contributed by atoms with E-state index in [2.05, 4.69) is 4.72 Å². The van der Waals surface area contributed by atoms with Crippen molar-refractivity contribution >= 4 is 10.0 Å². The zero-order valence-electron chi connectivity index (χ0n) is 12.2. The molecule has 2 N–H and O–H groups in total. The Bertz CT molecular complexity index is 508. The first-order valence-electron chi connectivity index (χ1n) is 6.55. The van der Waals surface area contributed by atoms with Crippen molar-refractivity contribution < 1.29 is 18.3 Å². The number of methoxy groups -OCH3 is 1. The highest BCUT2D eigenvalue weighted by Gasteiger charge is 2.21. The van der Waals surface area contributed by atoms with E-state index in [1.807, 2.05) is 13.8 Å². The number of sulfonamides is 1. The van der Waals surface area contributed by atoms with Crippen LogP contribution in [0, 0.1) is 0 Å². The van der Waals surface area contributed by atoms with E-state index in [9.17, 15) is 8.42 Å². The standard InChI is InChI=1S/C14H23NO4S/c1-14(2,19-3)11-15-20(17,18)13-8-6-12(7-9-13)5-4-10-16/h6-9,15-16H,4-5,10-11H2,1-3H3. The van der Waals surface area contributed by atoms with Crippen LogP contribution in [0.25, 0.3) is 0 Å². The van der Waals surface area contributed by atoms with Gasteiger partial charge in [-0.1, -0.05) is 12.1 Å². The highest BCUT2D eigenvalue weighted by Crippen LogP contribution is 2.13. The number of hydrogen-bond donors (Lipinski definition) is 2. The quantitative estimate of drug-likeness (QED) is 0.759. The van der Waals surface area contributed by atoms with Crippen LogP contribution < -0.4 is 4.72 Å².